The lowest BCUT2D eigenvalue weighted by molar-refractivity contribution is 0.190. The van der Waals surface area contributed by atoms with Crippen LogP contribution < -0.4 is 15.4 Å². The van der Waals surface area contributed by atoms with Gasteiger partial charge < -0.3 is 25.0 Å². The van der Waals surface area contributed by atoms with Crippen molar-refractivity contribution in [2.45, 2.75) is 19.0 Å². The van der Waals surface area contributed by atoms with E-state index in [0.29, 0.717) is 17.7 Å². The van der Waals surface area contributed by atoms with Crippen LogP contribution in [-0.2, 0) is 11.3 Å². The lowest BCUT2D eigenvalue weighted by Crippen LogP contribution is -2.28. The van der Waals surface area contributed by atoms with Gasteiger partial charge in [-0.25, -0.2) is 4.98 Å². The molecule has 9 nitrogen and oxygen atoms in total. The highest BCUT2D eigenvalue weighted by Gasteiger charge is 2.15. The van der Waals surface area contributed by atoms with E-state index in [1.807, 2.05) is 18.2 Å². The van der Waals surface area contributed by atoms with Crippen LogP contribution in [0.4, 0.5) is 17.5 Å². The summed E-state index contributed by atoms with van der Waals surface area (Å²) in [4.78, 5) is 11.4. The summed E-state index contributed by atoms with van der Waals surface area (Å²) in [5.41, 5.74) is 2.87. The predicted molar refractivity (Wildman–Crippen MR) is 108 cm³/mol. The van der Waals surface area contributed by atoms with Crippen molar-refractivity contribution in [2.24, 2.45) is 0 Å². The van der Waals surface area contributed by atoms with Gasteiger partial charge in [0.25, 0.3) is 5.82 Å². The van der Waals surface area contributed by atoms with Crippen LogP contribution in [0, 0.1) is 6.57 Å². The van der Waals surface area contributed by atoms with Gasteiger partial charge >= 0.3 is 0 Å². The largest absolute Gasteiger partial charge is 0.496 e. The maximum absolute atomic E-state index is 6.92. The number of ether oxygens (including phenoxy) is 2. The highest BCUT2D eigenvalue weighted by Crippen LogP contribution is 2.31. The Bertz CT molecular complexity index is 1000. The Kier molecular flexibility index (Phi) is 5.65. The first-order valence-corrected chi connectivity index (χ1v) is 9.25. The van der Waals surface area contributed by atoms with Gasteiger partial charge in [0, 0.05) is 30.8 Å². The Balaban J connectivity index is 1.46. The summed E-state index contributed by atoms with van der Waals surface area (Å²) in [5.74, 6) is 2.13. The standard InChI is InChI=1S/C20H21N7O2/c1-21-19-10-24-20(11-23-19)25-18-8-16(26-27-18)15-4-3-13(7-17(15)28-2)9-22-14-5-6-29-12-14/h3-4,7-8,10-11,14,22H,5-6,9,12H2,2H3,(H2,24,25,26,27)/t14-/m1/s1. The average molecular weight is 391 g/mol. The quantitative estimate of drug-likeness (QED) is 0.532. The van der Waals surface area contributed by atoms with Crippen LogP contribution in [0.15, 0.2) is 36.7 Å². The Morgan fingerprint density at radius 3 is 2.93 bits per heavy atom. The van der Waals surface area contributed by atoms with Gasteiger partial charge in [-0.3, -0.25) is 5.10 Å². The maximum Gasteiger partial charge on any atom is 0.288 e. The van der Waals surface area contributed by atoms with E-state index in [1.165, 1.54) is 12.4 Å². The first-order valence-electron chi connectivity index (χ1n) is 9.25. The van der Waals surface area contributed by atoms with Crippen molar-refractivity contribution in [3.8, 4) is 17.0 Å². The number of methoxy groups -OCH3 is 1. The van der Waals surface area contributed by atoms with E-state index < -0.39 is 0 Å². The number of H-pyrrole nitrogens is 1. The van der Waals surface area contributed by atoms with Crippen molar-refractivity contribution in [1.29, 1.82) is 0 Å². The van der Waals surface area contributed by atoms with Gasteiger partial charge in [0.1, 0.15) is 5.75 Å². The van der Waals surface area contributed by atoms with E-state index in [1.54, 1.807) is 7.11 Å². The zero-order valence-electron chi connectivity index (χ0n) is 16.0. The number of rotatable bonds is 7. The molecule has 3 aromatic rings. The van der Waals surface area contributed by atoms with E-state index in [4.69, 9.17) is 16.0 Å². The zero-order valence-corrected chi connectivity index (χ0v) is 16.0. The fraction of sp³-hybridized carbons (Fsp3) is 0.300. The molecule has 1 aliphatic rings. The highest BCUT2D eigenvalue weighted by atomic mass is 16.5. The monoisotopic (exact) mass is 391 g/mol. The molecule has 2 aromatic heterocycles. The van der Waals surface area contributed by atoms with Crippen LogP contribution in [0.5, 0.6) is 5.75 Å². The molecule has 1 aromatic carbocycles. The van der Waals surface area contributed by atoms with E-state index in [2.05, 4.69) is 41.7 Å². The Hall–Kier alpha value is -3.48. The van der Waals surface area contributed by atoms with Gasteiger partial charge in [-0.2, -0.15) is 5.10 Å². The van der Waals surface area contributed by atoms with Crippen LogP contribution >= 0.6 is 0 Å². The predicted octanol–water partition coefficient (Wildman–Crippen LogP) is 3.05. The minimum absolute atomic E-state index is 0.248. The Labute approximate surface area is 168 Å². The second-order valence-corrected chi connectivity index (χ2v) is 6.64. The van der Waals surface area contributed by atoms with Crippen LogP contribution in [0.3, 0.4) is 0 Å². The molecule has 0 spiro atoms. The number of nitrogens with one attached hydrogen (secondary N) is 3. The number of hydrogen-bond acceptors (Lipinski definition) is 7. The third kappa shape index (κ3) is 4.51. The third-order valence-corrected chi connectivity index (χ3v) is 4.67. The molecule has 1 fully saturated rings. The molecule has 148 valence electrons. The lowest BCUT2D eigenvalue weighted by atomic mass is 10.1. The number of benzene rings is 1. The molecule has 3 heterocycles. The summed E-state index contributed by atoms with van der Waals surface area (Å²) in [6, 6.07) is 8.40. The number of nitrogens with zero attached hydrogens (tertiary/aromatic N) is 4. The highest BCUT2D eigenvalue weighted by molar-refractivity contribution is 5.71. The summed E-state index contributed by atoms with van der Waals surface area (Å²) >= 11 is 0. The first kappa shape index (κ1) is 18.9. The molecule has 3 N–H and O–H groups in total. The molecule has 0 radical (unpaired) electrons. The normalized spacial score (nSPS) is 15.8. The molecule has 29 heavy (non-hydrogen) atoms. The summed E-state index contributed by atoms with van der Waals surface area (Å²) < 4.78 is 11.0. The number of aromatic nitrogens is 4. The Morgan fingerprint density at radius 2 is 2.21 bits per heavy atom. The number of hydrogen-bond donors (Lipinski definition) is 3. The van der Waals surface area contributed by atoms with E-state index in [0.717, 1.165) is 48.7 Å². The molecule has 4 rings (SSSR count). The molecular formula is C20H21N7O2. The molecule has 0 aliphatic carbocycles. The van der Waals surface area contributed by atoms with E-state index in [9.17, 15) is 0 Å². The average Bonchev–Trinajstić information content (AvgIpc) is 3.45. The zero-order chi connectivity index (χ0) is 20.1. The summed E-state index contributed by atoms with van der Waals surface area (Å²) in [6.07, 6.45) is 3.96. The van der Waals surface area contributed by atoms with Crippen LogP contribution in [0.2, 0.25) is 0 Å². The van der Waals surface area contributed by atoms with Crippen LogP contribution in [0.1, 0.15) is 12.0 Å². The summed E-state index contributed by atoms with van der Waals surface area (Å²) in [7, 11) is 1.66. The van der Waals surface area contributed by atoms with Gasteiger partial charge in [0.15, 0.2) is 17.8 Å². The van der Waals surface area contributed by atoms with Gasteiger partial charge in [0.05, 0.1) is 25.6 Å². The Morgan fingerprint density at radius 1 is 1.28 bits per heavy atom. The minimum atomic E-state index is 0.248. The topological polar surface area (TPSA) is 101 Å². The first-order chi connectivity index (χ1) is 14.2. The van der Waals surface area contributed by atoms with Crippen molar-refractivity contribution >= 4 is 17.5 Å². The van der Waals surface area contributed by atoms with Gasteiger partial charge in [0.2, 0.25) is 0 Å². The number of aromatic amines is 1. The van der Waals surface area contributed by atoms with Crippen molar-refractivity contribution in [1.82, 2.24) is 25.5 Å². The van der Waals surface area contributed by atoms with E-state index >= 15 is 0 Å². The van der Waals surface area contributed by atoms with Crippen LogP contribution in [-0.4, -0.2) is 46.5 Å². The molecular weight excluding hydrogens is 370 g/mol. The van der Waals surface area contributed by atoms with Gasteiger partial charge in [-0.05, 0) is 24.1 Å². The van der Waals surface area contributed by atoms with Gasteiger partial charge in [-0.15, -0.1) is 4.98 Å². The van der Waals surface area contributed by atoms with E-state index in [-0.39, 0.29) is 5.82 Å². The third-order valence-electron chi connectivity index (χ3n) is 4.67. The van der Waals surface area contributed by atoms with Crippen LogP contribution in [0.25, 0.3) is 16.1 Å². The fourth-order valence-electron chi connectivity index (χ4n) is 3.12. The molecule has 0 unspecified atom stereocenters. The van der Waals surface area contributed by atoms with Crippen molar-refractivity contribution < 1.29 is 9.47 Å². The van der Waals surface area contributed by atoms with Crippen molar-refractivity contribution in [2.75, 3.05) is 25.6 Å². The van der Waals surface area contributed by atoms with Crippen molar-refractivity contribution in [3.63, 3.8) is 0 Å². The maximum atomic E-state index is 6.92. The molecule has 1 aliphatic heterocycles. The minimum Gasteiger partial charge on any atom is -0.496 e. The summed E-state index contributed by atoms with van der Waals surface area (Å²) in [5, 5.41) is 13.9. The smallest absolute Gasteiger partial charge is 0.288 e. The SMILES string of the molecule is [C-]#[N+]c1cnc(Nc2cc(-c3ccc(CN[C@@H]4CCOC4)cc3OC)[nH]n2)cn1. The van der Waals surface area contributed by atoms with Gasteiger partial charge in [-0.1, -0.05) is 12.6 Å². The molecule has 0 amide bonds. The molecule has 0 bridgehead atoms. The number of anilines is 2. The molecule has 1 saturated heterocycles. The molecule has 9 heteroatoms. The molecule has 1 atom stereocenters. The molecule has 0 saturated carbocycles. The lowest BCUT2D eigenvalue weighted by Gasteiger charge is -2.13. The second kappa shape index (κ2) is 8.68. The fourth-order valence-corrected chi connectivity index (χ4v) is 3.12. The second-order valence-electron chi connectivity index (χ2n) is 6.64. The van der Waals surface area contributed by atoms with Crippen molar-refractivity contribution in [3.05, 3.63) is 53.6 Å². The summed E-state index contributed by atoms with van der Waals surface area (Å²) in [6.45, 7) is 9.28.